The summed E-state index contributed by atoms with van der Waals surface area (Å²) in [7, 11) is 0. The molecule has 0 saturated carbocycles. The number of hydrogen-bond donors (Lipinski definition) is 1. The third-order valence-electron chi connectivity index (χ3n) is 8.43. The smallest absolute Gasteiger partial charge is 0.306 e. The summed E-state index contributed by atoms with van der Waals surface area (Å²) in [4.78, 5) is 12.1. The van der Waals surface area contributed by atoms with Crippen LogP contribution in [0.1, 0.15) is 206 Å². The summed E-state index contributed by atoms with van der Waals surface area (Å²) < 4.78 is 11.1. The van der Waals surface area contributed by atoms with Gasteiger partial charge in [0, 0.05) is 13.0 Å². The Morgan fingerprint density at radius 2 is 0.805 bits per heavy atom. The molecule has 246 valence electrons. The van der Waals surface area contributed by atoms with E-state index in [4.69, 9.17) is 9.47 Å². The fourth-order valence-corrected chi connectivity index (χ4v) is 5.62. The number of hydrogen-bond acceptors (Lipinski definition) is 4. The number of carbonyl (C=O) groups is 1. The summed E-state index contributed by atoms with van der Waals surface area (Å²) >= 11 is 0. The summed E-state index contributed by atoms with van der Waals surface area (Å²) in [5, 5.41) is 9.55. The fraction of sp³-hybridized carbons (Fsp3) is 0.973. The lowest BCUT2D eigenvalue weighted by Gasteiger charge is -2.16. The Morgan fingerprint density at radius 1 is 0.488 bits per heavy atom. The standard InChI is InChI=1S/C37H74O4/c1-3-5-7-9-11-13-15-17-18-19-20-22-24-26-28-30-32-37(39)41-36(34-38)35-40-33-31-29-27-25-23-21-16-14-12-10-8-6-4-2/h36,38H,3-35H2,1-2H3. The third kappa shape index (κ3) is 33.8. The molecule has 1 atom stereocenters. The molecule has 0 radical (unpaired) electrons. The molecule has 41 heavy (non-hydrogen) atoms. The van der Waals surface area contributed by atoms with Crippen molar-refractivity contribution < 1.29 is 19.4 Å². The summed E-state index contributed by atoms with van der Waals surface area (Å²) in [5.74, 6) is -0.195. The maximum Gasteiger partial charge on any atom is 0.306 e. The van der Waals surface area contributed by atoms with E-state index in [1.54, 1.807) is 0 Å². The first-order valence-electron chi connectivity index (χ1n) is 18.6. The van der Waals surface area contributed by atoms with Crippen LogP contribution in [-0.4, -0.2) is 37.0 Å². The van der Waals surface area contributed by atoms with Gasteiger partial charge in [0.25, 0.3) is 0 Å². The molecule has 0 aromatic carbocycles. The zero-order valence-corrected chi connectivity index (χ0v) is 28.1. The quantitative estimate of drug-likeness (QED) is 0.0596. The van der Waals surface area contributed by atoms with Crippen LogP contribution in [0, 0.1) is 0 Å². The molecule has 0 aliphatic carbocycles. The van der Waals surface area contributed by atoms with Crippen molar-refractivity contribution in [3.8, 4) is 0 Å². The predicted octanol–water partition coefficient (Wildman–Crippen LogP) is 11.6. The van der Waals surface area contributed by atoms with E-state index in [2.05, 4.69) is 13.8 Å². The van der Waals surface area contributed by atoms with Gasteiger partial charge >= 0.3 is 5.97 Å². The van der Waals surface area contributed by atoms with E-state index >= 15 is 0 Å². The Balaban J connectivity index is 3.38. The molecule has 0 bridgehead atoms. The molecule has 0 spiro atoms. The summed E-state index contributed by atoms with van der Waals surface area (Å²) in [5.41, 5.74) is 0. The predicted molar refractivity (Wildman–Crippen MR) is 178 cm³/mol. The Bertz CT molecular complexity index is 495. The van der Waals surface area contributed by atoms with Crippen molar-refractivity contribution in [2.24, 2.45) is 0 Å². The molecule has 0 rings (SSSR count). The first-order chi connectivity index (χ1) is 20.2. The molecule has 0 aliphatic heterocycles. The second-order valence-electron chi connectivity index (χ2n) is 12.7. The first kappa shape index (κ1) is 40.4. The van der Waals surface area contributed by atoms with Gasteiger partial charge in [-0.3, -0.25) is 4.79 Å². The van der Waals surface area contributed by atoms with Gasteiger partial charge in [-0.2, -0.15) is 0 Å². The molecular formula is C37H74O4. The number of esters is 1. The Hall–Kier alpha value is -0.610. The first-order valence-corrected chi connectivity index (χ1v) is 18.6. The molecule has 0 amide bonds. The number of aliphatic hydroxyl groups is 1. The van der Waals surface area contributed by atoms with Crippen molar-refractivity contribution in [3.05, 3.63) is 0 Å². The second kappa shape index (κ2) is 35.6. The van der Waals surface area contributed by atoms with Crippen molar-refractivity contribution >= 4 is 5.97 Å². The average Bonchev–Trinajstić information content (AvgIpc) is 2.98. The van der Waals surface area contributed by atoms with Gasteiger partial charge in [-0.25, -0.2) is 0 Å². The van der Waals surface area contributed by atoms with Gasteiger partial charge in [-0.15, -0.1) is 0 Å². The highest BCUT2D eigenvalue weighted by Gasteiger charge is 2.13. The lowest BCUT2D eigenvalue weighted by atomic mass is 10.0. The molecule has 1 unspecified atom stereocenters. The molecule has 0 fully saturated rings. The van der Waals surface area contributed by atoms with Crippen LogP contribution in [0.25, 0.3) is 0 Å². The topological polar surface area (TPSA) is 55.8 Å². The lowest BCUT2D eigenvalue weighted by molar-refractivity contribution is -0.154. The highest BCUT2D eigenvalue weighted by Crippen LogP contribution is 2.15. The Morgan fingerprint density at radius 3 is 1.15 bits per heavy atom. The number of unbranched alkanes of at least 4 members (excludes halogenated alkanes) is 27. The number of aliphatic hydroxyl groups excluding tert-OH is 1. The molecule has 0 aromatic rings. The van der Waals surface area contributed by atoms with Crippen LogP contribution >= 0.6 is 0 Å². The van der Waals surface area contributed by atoms with E-state index in [0.717, 1.165) is 19.3 Å². The van der Waals surface area contributed by atoms with Crippen LogP contribution < -0.4 is 0 Å². The third-order valence-corrected chi connectivity index (χ3v) is 8.43. The van der Waals surface area contributed by atoms with Crippen LogP contribution in [0.4, 0.5) is 0 Å². The van der Waals surface area contributed by atoms with Crippen molar-refractivity contribution in [2.75, 3.05) is 19.8 Å². The van der Waals surface area contributed by atoms with Crippen LogP contribution in [0.15, 0.2) is 0 Å². The van der Waals surface area contributed by atoms with Gasteiger partial charge in [-0.1, -0.05) is 187 Å². The van der Waals surface area contributed by atoms with Crippen LogP contribution in [0.5, 0.6) is 0 Å². The van der Waals surface area contributed by atoms with Crippen LogP contribution in [0.3, 0.4) is 0 Å². The molecule has 4 nitrogen and oxygen atoms in total. The van der Waals surface area contributed by atoms with Crippen molar-refractivity contribution in [1.29, 1.82) is 0 Å². The average molecular weight is 583 g/mol. The van der Waals surface area contributed by atoms with E-state index < -0.39 is 6.10 Å². The SMILES string of the molecule is CCCCCCCCCCCCCCCCCCC(=O)OC(CO)COCCCCCCCCCCCCCCC. The van der Waals surface area contributed by atoms with Crippen molar-refractivity contribution in [1.82, 2.24) is 0 Å². The fourth-order valence-electron chi connectivity index (χ4n) is 5.62. The highest BCUT2D eigenvalue weighted by atomic mass is 16.6. The molecule has 0 heterocycles. The van der Waals surface area contributed by atoms with Gasteiger partial charge in [-0.05, 0) is 12.8 Å². The van der Waals surface area contributed by atoms with Gasteiger partial charge in [0.1, 0.15) is 6.10 Å². The molecule has 0 saturated heterocycles. The normalized spacial score (nSPS) is 12.2. The summed E-state index contributed by atoms with van der Waals surface area (Å²) in [6, 6.07) is 0. The summed E-state index contributed by atoms with van der Waals surface area (Å²) in [6.45, 7) is 5.38. The van der Waals surface area contributed by atoms with Crippen LogP contribution in [0.2, 0.25) is 0 Å². The van der Waals surface area contributed by atoms with E-state index in [-0.39, 0.29) is 12.6 Å². The van der Waals surface area contributed by atoms with Crippen molar-refractivity contribution in [3.63, 3.8) is 0 Å². The van der Waals surface area contributed by atoms with E-state index in [0.29, 0.717) is 19.6 Å². The Labute approximate surface area is 257 Å². The maximum atomic E-state index is 12.1. The van der Waals surface area contributed by atoms with E-state index in [9.17, 15) is 9.90 Å². The second-order valence-corrected chi connectivity index (χ2v) is 12.7. The van der Waals surface area contributed by atoms with Gasteiger partial charge in [0.05, 0.1) is 13.2 Å². The Kier molecular flexibility index (Phi) is 35.1. The van der Waals surface area contributed by atoms with Gasteiger partial charge in [0.15, 0.2) is 0 Å². The van der Waals surface area contributed by atoms with E-state index in [1.165, 1.54) is 167 Å². The minimum atomic E-state index is -0.523. The van der Waals surface area contributed by atoms with Gasteiger partial charge < -0.3 is 14.6 Å². The molecule has 4 heteroatoms. The van der Waals surface area contributed by atoms with E-state index in [1.807, 2.05) is 0 Å². The minimum Gasteiger partial charge on any atom is -0.457 e. The van der Waals surface area contributed by atoms with Crippen molar-refractivity contribution in [2.45, 2.75) is 213 Å². The highest BCUT2D eigenvalue weighted by molar-refractivity contribution is 5.69. The number of ether oxygens (including phenoxy) is 2. The number of rotatable bonds is 35. The largest absolute Gasteiger partial charge is 0.457 e. The molecule has 1 N–H and O–H groups in total. The maximum absolute atomic E-state index is 12.1. The molecular weight excluding hydrogens is 508 g/mol. The summed E-state index contributed by atoms with van der Waals surface area (Å²) in [6.07, 6.45) is 38.5. The molecule has 0 aromatic heterocycles. The lowest BCUT2D eigenvalue weighted by Crippen LogP contribution is -2.27. The van der Waals surface area contributed by atoms with Gasteiger partial charge in [0.2, 0.25) is 0 Å². The monoisotopic (exact) mass is 583 g/mol. The minimum absolute atomic E-state index is 0.163. The van der Waals surface area contributed by atoms with Crippen LogP contribution in [-0.2, 0) is 14.3 Å². The zero-order valence-electron chi connectivity index (χ0n) is 28.1. The number of carbonyl (C=O) groups excluding carboxylic acids is 1. The molecule has 0 aliphatic rings. The zero-order chi connectivity index (χ0) is 29.9.